The van der Waals surface area contributed by atoms with Gasteiger partial charge >= 0.3 is 0 Å². The van der Waals surface area contributed by atoms with E-state index in [0.717, 1.165) is 4.90 Å². The lowest BCUT2D eigenvalue weighted by molar-refractivity contribution is -0.757. The van der Waals surface area contributed by atoms with Crippen molar-refractivity contribution in [3.05, 3.63) is 39.4 Å². The van der Waals surface area contributed by atoms with Gasteiger partial charge in [-0.05, 0) is 31.5 Å². The van der Waals surface area contributed by atoms with Crippen LogP contribution >= 0.6 is 0 Å². The van der Waals surface area contributed by atoms with Crippen LogP contribution in [0.15, 0.2) is 18.2 Å². The number of hydrogen-bond acceptors (Lipinski definition) is 7. The van der Waals surface area contributed by atoms with Gasteiger partial charge in [-0.3, -0.25) is 14.5 Å². The maximum absolute atomic E-state index is 12.2. The van der Waals surface area contributed by atoms with Gasteiger partial charge in [0.2, 0.25) is 0 Å². The van der Waals surface area contributed by atoms with Gasteiger partial charge in [-0.15, -0.1) is 10.1 Å². The minimum Gasteiger partial charge on any atom is -0.494 e. The zero-order valence-electron chi connectivity index (χ0n) is 17.1. The molecule has 9 heteroatoms. The van der Waals surface area contributed by atoms with E-state index in [0.29, 0.717) is 35.6 Å². The molecule has 1 aliphatic heterocycles. The van der Waals surface area contributed by atoms with Crippen LogP contribution in [0.3, 0.4) is 0 Å². The quantitative estimate of drug-likeness (QED) is 0.296. The number of imide groups is 1. The molecule has 1 aliphatic rings. The fraction of sp³-hybridized carbons (Fsp3) is 0.579. The molecule has 28 heavy (non-hydrogen) atoms. The molecule has 0 atom stereocenters. The molecule has 0 aliphatic carbocycles. The van der Waals surface area contributed by atoms with Crippen LogP contribution in [-0.2, 0) is 4.84 Å². The van der Waals surface area contributed by atoms with E-state index in [2.05, 4.69) is 37.8 Å². The van der Waals surface area contributed by atoms with Gasteiger partial charge in [-0.2, -0.15) is 0 Å². The van der Waals surface area contributed by atoms with E-state index in [-0.39, 0.29) is 19.6 Å². The highest BCUT2D eigenvalue weighted by molar-refractivity contribution is 6.21. The Bertz CT molecular complexity index is 684. The molecule has 0 radical (unpaired) electrons. The molecule has 156 valence electrons. The minimum absolute atomic E-state index is 0.0736. The Morgan fingerprint density at radius 3 is 2.21 bits per heavy atom. The maximum atomic E-state index is 12.2. The van der Waals surface area contributed by atoms with Crippen molar-refractivity contribution >= 4 is 11.8 Å². The molecule has 0 spiro atoms. The van der Waals surface area contributed by atoms with Gasteiger partial charge in [0.15, 0.2) is 0 Å². The third kappa shape index (κ3) is 7.15. The average Bonchev–Trinajstić information content (AvgIpc) is 2.82. The second-order valence-corrected chi connectivity index (χ2v) is 6.79. The van der Waals surface area contributed by atoms with E-state index >= 15 is 0 Å². The summed E-state index contributed by atoms with van der Waals surface area (Å²) in [6.45, 7) is 10.8. The number of rotatable bonds is 9. The van der Waals surface area contributed by atoms with Gasteiger partial charge in [-0.1, -0.05) is 27.7 Å². The summed E-state index contributed by atoms with van der Waals surface area (Å²) >= 11 is 0. The third-order valence-electron chi connectivity index (χ3n) is 3.64. The zero-order chi connectivity index (χ0) is 21.3. The van der Waals surface area contributed by atoms with Crippen LogP contribution in [0.2, 0.25) is 0 Å². The molecule has 2 rings (SSSR count). The number of amides is 2. The predicted molar refractivity (Wildman–Crippen MR) is 104 cm³/mol. The number of carbonyl (C=O) groups is 2. The van der Waals surface area contributed by atoms with Gasteiger partial charge in [0.05, 0.1) is 24.3 Å². The van der Waals surface area contributed by atoms with E-state index in [4.69, 9.17) is 4.74 Å². The standard InChI is InChI=1S/C13H14N2O6.C6H15N/c1-2-20-9-4-5-10-11(8-9)13(17)14(12(10)16)6-3-7-21-15(18)19;1-5(2)7-6(3)4/h4-5,8H,2-3,6-7H2,1H3;5-7H,1-4H3. The van der Waals surface area contributed by atoms with Crippen molar-refractivity contribution in [2.75, 3.05) is 19.8 Å². The first-order chi connectivity index (χ1) is 13.2. The van der Waals surface area contributed by atoms with E-state index in [1.807, 2.05) is 6.92 Å². The average molecular weight is 395 g/mol. The number of nitrogens with one attached hydrogen (secondary N) is 1. The largest absolute Gasteiger partial charge is 0.494 e. The van der Waals surface area contributed by atoms with Crippen LogP contribution in [-0.4, -0.2) is 53.6 Å². The maximum Gasteiger partial charge on any atom is 0.294 e. The van der Waals surface area contributed by atoms with Gasteiger partial charge in [0, 0.05) is 18.6 Å². The monoisotopic (exact) mass is 395 g/mol. The molecular formula is C19H29N3O6. The number of ether oxygens (including phenoxy) is 1. The molecule has 1 N–H and O–H groups in total. The highest BCUT2D eigenvalue weighted by Gasteiger charge is 2.35. The Hall–Kier alpha value is -2.68. The second-order valence-electron chi connectivity index (χ2n) is 6.79. The summed E-state index contributed by atoms with van der Waals surface area (Å²) in [5, 5.41) is 12.4. The smallest absolute Gasteiger partial charge is 0.294 e. The number of carbonyl (C=O) groups excluding carboxylic acids is 2. The van der Waals surface area contributed by atoms with Crippen LogP contribution in [0.1, 0.15) is 61.8 Å². The molecule has 2 amide bonds. The van der Waals surface area contributed by atoms with Crippen molar-refractivity contribution in [2.24, 2.45) is 0 Å². The molecule has 0 saturated heterocycles. The van der Waals surface area contributed by atoms with Crippen LogP contribution in [0.4, 0.5) is 0 Å². The highest BCUT2D eigenvalue weighted by atomic mass is 16.9. The van der Waals surface area contributed by atoms with Crippen LogP contribution in [0, 0.1) is 10.1 Å². The van der Waals surface area contributed by atoms with Crippen LogP contribution in [0.25, 0.3) is 0 Å². The van der Waals surface area contributed by atoms with Crippen molar-refractivity contribution < 1.29 is 24.3 Å². The summed E-state index contributed by atoms with van der Waals surface area (Å²) in [4.78, 5) is 39.5. The van der Waals surface area contributed by atoms with Crippen molar-refractivity contribution in [3.63, 3.8) is 0 Å². The van der Waals surface area contributed by atoms with Gasteiger partial charge < -0.3 is 14.9 Å². The Kier molecular flexibility index (Phi) is 9.37. The Morgan fingerprint density at radius 2 is 1.71 bits per heavy atom. The fourth-order valence-corrected chi connectivity index (χ4v) is 2.76. The van der Waals surface area contributed by atoms with Gasteiger partial charge in [-0.25, -0.2) is 0 Å². The Labute approximate surface area is 165 Å². The number of fused-ring (bicyclic) bond motifs is 1. The Balaban J connectivity index is 0.000000480. The van der Waals surface area contributed by atoms with E-state index < -0.39 is 16.9 Å². The fourth-order valence-electron chi connectivity index (χ4n) is 2.76. The summed E-state index contributed by atoms with van der Waals surface area (Å²) < 4.78 is 5.30. The summed E-state index contributed by atoms with van der Waals surface area (Å²) in [5.74, 6) is -0.298. The normalized spacial score (nSPS) is 12.8. The van der Waals surface area contributed by atoms with Crippen molar-refractivity contribution in [1.29, 1.82) is 0 Å². The molecule has 0 unspecified atom stereocenters. The van der Waals surface area contributed by atoms with Crippen molar-refractivity contribution in [1.82, 2.24) is 10.2 Å². The van der Waals surface area contributed by atoms with E-state index in [1.54, 1.807) is 12.1 Å². The molecule has 9 nitrogen and oxygen atoms in total. The van der Waals surface area contributed by atoms with E-state index in [9.17, 15) is 19.7 Å². The highest BCUT2D eigenvalue weighted by Crippen LogP contribution is 2.27. The second kappa shape index (κ2) is 11.2. The van der Waals surface area contributed by atoms with E-state index in [1.165, 1.54) is 6.07 Å². The topological polar surface area (TPSA) is 111 Å². The molecule has 0 saturated carbocycles. The molecule has 1 aromatic rings. The molecule has 0 aromatic heterocycles. The molecule has 1 aromatic carbocycles. The summed E-state index contributed by atoms with van der Waals surface area (Å²) in [6.07, 6.45) is 0.199. The third-order valence-corrected chi connectivity index (χ3v) is 3.64. The lowest BCUT2D eigenvalue weighted by Gasteiger charge is -2.12. The van der Waals surface area contributed by atoms with Crippen LogP contribution < -0.4 is 10.1 Å². The summed E-state index contributed by atoms with van der Waals surface area (Å²) in [6, 6.07) is 5.97. The molecule has 0 bridgehead atoms. The van der Waals surface area contributed by atoms with Crippen molar-refractivity contribution in [3.8, 4) is 5.75 Å². The molecule has 0 fully saturated rings. The number of benzene rings is 1. The summed E-state index contributed by atoms with van der Waals surface area (Å²) in [5.41, 5.74) is 0.611. The lowest BCUT2D eigenvalue weighted by Crippen LogP contribution is -2.31. The zero-order valence-corrected chi connectivity index (χ0v) is 17.1. The summed E-state index contributed by atoms with van der Waals surface area (Å²) in [7, 11) is 0. The van der Waals surface area contributed by atoms with Gasteiger partial charge in [0.25, 0.3) is 16.9 Å². The first-order valence-electron chi connectivity index (χ1n) is 9.33. The van der Waals surface area contributed by atoms with Gasteiger partial charge in [0.1, 0.15) is 5.75 Å². The first kappa shape index (κ1) is 23.4. The lowest BCUT2D eigenvalue weighted by atomic mass is 10.1. The number of hydrogen-bond donors (Lipinski definition) is 1. The SMILES string of the molecule is CC(C)NC(C)C.CCOc1ccc2c(c1)C(=O)N(CCCO[N+](=O)[O-])C2=O. The Morgan fingerprint density at radius 1 is 1.11 bits per heavy atom. The molecule has 1 heterocycles. The van der Waals surface area contributed by atoms with Crippen LogP contribution in [0.5, 0.6) is 5.75 Å². The number of nitrogens with zero attached hydrogens (tertiary/aromatic N) is 2. The first-order valence-corrected chi connectivity index (χ1v) is 9.33. The molecular weight excluding hydrogens is 366 g/mol. The predicted octanol–water partition coefficient (Wildman–Crippen LogP) is 2.67. The van der Waals surface area contributed by atoms with Crippen molar-refractivity contribution in [2.45, 2.75) is 53.1 Å². The minimum atomic E-state index is -0.906.